The van der Waals surface area contributed by atoms with Crippen molar-refractivity contribution >= 4 is 28.4 Å². The standard InChI is InChI=1S/C15H13N5/c16-15-18-11-8-4-7-10-12(11)14(20-15)19-13(17-10)9-5-2-1-3-6-9/h1-8,13,17H,(H3,16,18,19,20). The molecule has 3 aromatic rings. The number of nitrogens with zero attached hydrogens (tertiary/aromatic N) is 2. The van der Waals surface area contributed by atoms with E-state index in [4.69, 9.17) is 5.73 Å². The molecule has 20 heavy (non-hydrogen) atoms. The van der Waals surface area contributed by atoms with Crippen LogP contribution in [0.5, 0.6) is 0 Å². The van der Waals surface area contributed by atoms with Gasteiger partial charge >= 0.3 is 0 Å². The Morgan fingerprint density at radius 3 is 2.60 bits per heavy atom. The van der Waals surface area contributed by atoms with E-state index in [0.29, 0.717) is 0 Å². The molecule has 0 aliphatic carbocycles. The Morgan fingerprint density at radius 1 is 0.900 bits per heavy atom. The number of nitrogen functional groups attached to an aromatic ring is 1. The number of anilines is 3. The monoisotopic (exact) mass is 263 g/mol. The van der Waals surface area contributed by atoms with Crippen molar-refractivity contribution in [2.45, 2.75) is 6.17 Å². The summed E-state index contributed by atoms with van der Waals surface area (Å²) in [7, 11) is 0. The predicted molar refractivity (Wildman–Crippen MR) is 80.4 cm³/mol. The Bertz CT molecular complexity index is 785. The van der Waals surface area contributed by atoms with Crippen LogP contribution in [0.15, 0.2) is 48.5 Å². The minimum Gasteiger partial charge on any atom is -0.368 e. The highest BCUT2D eigenvalue weighted by Crippen LogP contribution is 2.36. The van der Waals surface area contributed by atoms with Gasteiger partial charge in [0.1, 0.15) is 12.0 Å². The van der Waals surface area contributed by atoms with Gasteiger partial charge in [-0.1, -0.05) is 36.4 Å². The van der Waals surface area contributed by atoms with E-state index in [1.807, 2.05) is 36.4 Å². The third-order valence-corrected chi connectivity index (χ3v) is 3.45. The Morgan fingerprint density at radius 2 is 1.75 bits per heavy atom. The Labute approximate surface area is 115 Å². The molecule has 1 aromatic heterocycles. The zero-order chi connectivity index (χ0) is 13.5. The lowest BCUT2D eigenvalue weighted by Crippen LogP contribution is -2.24. The van der Waals surface area contributed by atoms with E-state index >= 15 is 0 Å². The molecule has 2 aromatic carbocycles. The predicted octanol–water partition coefficient (Wildman–Crippen LogP) is 2.75. The van der Waals surface area contributed by atoms with Crippen LogP contribution in [-0.2, 0) is 0 Å². The van der Waals surface area contributed by atoms with Crippen LogP contribution >= 0.6 is 0 Å². The molecule has 4 N–H and O–H groups in total. The summed E-state index contributed by atoms with van der Waals surface area (Å²) in [5, 5.41) is 7.82. The normalized spacial score (nSPS) is 16.5. The third-order valence-electron chi connectivity index (χ3n) is 3.45. The molecule has 5 nitrogen and oxygen atoms in total. The van der Waals surface area contributed by atoms with Crippen LogP contribution in [0.25, 0.3) is 10.9 Å². The van der Waals surface area contributed by atoms with E-state index in [0.717, 1.165) is 28.0 Å². The highest BCUT2D eigenvalue weighted by atomic mass is 15.2. The average Bonchev–Trinajstić information content (AvgIpc) is 2.48. The number of hydrogen-bond donors (Lipinski definition) is 3. The lowest BCUT2D eigenvalue weighted by Gasteiger charge is -2.28. The summed E-state index contributed by atoms with van der Waals surface area (Å²) in [6.07, 6.45) is -0.0244. The summed E-state index contributed by atoms with van der Waals surface area (Å²) in [4.78, 5) is 8.59. The molecule has 0 fully saturated rings. The van der Waals surface area contributed by atoms with E-state index in [1.54, 1.807) is 0 Å². The van der Waals surface area contributed by atoms with Crippen molar-refractivity contribution in [1.82, 2.24) is 9.97 Å². The van der Waals surface area contributed by atoms with Crippen LogP contribution in [0.4, 0.5) is 17.5 Å². The minimum atomic E-state index is -0.0244. The minimum absolute atomic E-state index is 0.0244. The Kier molecular flexibility index (Phi) is 2.26. The zero-order valence-corrected chi connectivity index (χ0v) is 10.7. The van der Waals surface area contributed by atoms with Gasteiger partial charge in [0.25, 0.3) is 0 Å². The third kappa shape index (κ3) is 1.64. The smallest absolute Gasteiger partial charge is 0.222 e. The van der Waals surface area contributed by atoms with Gasteiger partial charge in [0, 0.05) is 5.69 Å². The summed E-state index contributed by atoms with van der Waals surface area (Å²) >= 11 is 0. The fraction of sp³-hybridized carbons (Fsp3) is 0.0667. The first-order chi connectivity index (χ1) is 9.81. The van der Waals surface area contributed by atoms with Gasteiger partial charge in [-0.3, -0.25) is 0 Å². The van der Waals surface area contributed by atoms with E-state index in [9.17, 15) is 0 Å². The van der Waals surface area contributed by atoms with Gasteiger partial charge in [-0.2, -0.15) is 4.98 Å². The fourth-order valence-corrected chi connectivity index (χ4v) is 2.57. The van der Waals surface area contributed by atoms with Crippen LogP contribution in [-0.4, -0.2) is 9.97 Å². The molecule has 1 atom stereocenters. The van der Waals surface area contributed by atoms with Gasteiger partial charge in [0.05, 0.1) is 10.9 Å². The maximum atomic E-state index is 5.78. The maximum Gasteiger partial charge on any atom is 0.222 e. The number of nitrogens with two attached hydrogens (primary N) is 1. The topological polar surface area (TPSA) is 75.9 Å². The van der Waals surface area contributed by atoms with Crippen molar-refractivity contribution < 1.29 is 0 Å². The zero-order valence-electron chi connectivity index (χ0n) is 10.7. The molecule has 2 heterocycles. The molecule has 4 rings (SSSR count). The molecule has 98 valence electrons. The largest absolute Gasteiger partial charge is 0.368 e. The first kappa shape index (κ1) is 11.0. The second-order valence-electron chi connectivity index (χ2n) is 4.76. The second kappa shape index (κ2) is 4.09. The molecule has 0 radical (unpaired) electrons. The quantitative estimate of drug-likeness (QED) is 0.629. The molecule has 0 amide bonds. The van der Waals surface area contributed by atoms with Crippen molar-refractivity contribution in [1.29, 1.82) is 0 Å². The number of benzene rings is 2. The van der Waals surface area contributed by atoms with Gasteiger partial charge in [-0.05, 0) is 17.7 Å². The van der Waals surface area contributed by atoms with E-state index in [1.165, 1.54) is 0 Å². The molecular formula is C15H13N5. The van der Waals surface area contributed by atoms with Crippen molar-refractivity contribution in [2.75, 3.05) is 16.4 Å². The van der Waals surface area contributed by atoms with Crippen LogP contribution in [0.3, 0.4) is 0 Å². The summed E-state index contributed by atoms with van der Waals surface area (Å²) in [5.41, 5.74) is 8.78. The average molecular weight is 263 g/mol. The molecule has 1 aliphatic heterocycles. The molecule has 0 saturated carbocycles. The molecule has 0 bridgehead atoms. The first-order valence-electron chi connectivity index (χ1n) is 6.45. The molecule has 5 heteroatoms. The van der Waals surface area contributed by atoms with Crippen molar-refractivity contribution in [3.8, 4) is 0 Å². The van der Waals surface area contributed by atoms with Crippen LogP contribution in [0, 0.1) is 0 Å². The van der Waals surface area contributed by atoms with Gasteiger partial charge in [0.2, 0.25) is 5.95 Å². The van der Waals surface area contributed by atoms with Crippen LogP contribution < -0.4 is 16.4 Å². The number of aromatic nitrogens is 2. The van der Waals surface area contributed by atoms with Gasteiger partial charge in [0.15, 0.2) is 0 Å². The van der Waals surface area contributed by atoms with Gasteiger partial charge < -0.3 is 16.4 Å². The molecule has 1 unspecified atom stereocenters. The molecule has 0 spiro atoms. The van der Waals surface area contributed by atoms with Gasteiger partial charge in [-0.25, -0.2) is 4.98 Å². The highest BCUT2D eigenvalue weighted by Gasteiger charge is 2.22. The van der Waals surface area contributed by atoms with Crippen molar-refractivity contribution in [3.63, 3.8) is 0 Å². The molecule has 1 aliphatic rings. The van der Waals surface area contributed by atoms with Crippen molar-refractivity contribution in [3.05, 3.63) is 54.1 Å². The SMILES string of the molecule is Nc1nc2c3c(cccc3n1)NC(c1ccccc1)N2. The molecular weight excluding hydrogens is 250 g/mol. The highest BCUT2D eigenvalue weighted by molar-refractivity contribution is 6.01. The van der Waals surface area contributed by atoms with E-state index in [2.05, 4.69) is 32.7 Å². The maximum absolute atomic E-state index is 5.78. The lowest BCUT2D eigenvalue weighted by atomic mass is 10.1. The molecule has 0 saturated heterocycles. The summed E-state index contributed by atoms with van der Waals surface area (Å²) in [6, 6.07) is 16.1. The van der Waals surface area contributed by atoms with E-state index < -0.39 is 0 Å². The number of hydrogen-bond acceptors (Lipinski definition) is 5. The fourth-order valence-electron chi connectivity index (χ4n) is 2.57. The Balaban J connectivity index is 1.87. The number of nitrogens with one attached hydrogen (secondary N) is 2. The van der Waals surface area contributed by atoms with Crippen molar-refractivity contribution in [2.24, 2.45) is 0 Å². The number of rotatable bonds is 1. The summed E-state index contributed by atoms with van der Waals surface area (Å²) < 4.78 is 0. The Hall–Kier alpha value is -2.82. The second-order valence-corrected chi connectivity index (χ2v) is 4.76. The van der Waals surface area contributed by atoms with Crippen LogP contribution in [0.2, 0.25) is 0 Å². The summed E-state index contributed by atoms with van der Waals surface area (Å²) in [5.74, 6) is 1.06. The first-order valence-corrected chi connectivity index (χ1v) is 6.45. The lowest BCUT2D eigenvalue weighted by molar-refractivity contribution is 0.884. The van der Waals surface area contributed by atoms with Gasteiger partial charge in [-0.15, -0.1) is 0 Å². The van der Waals surface area contributed by atoms with E-state index in [-0.39, 0.29) is 12.1 Å². The van der Waals surface area contributed by atoms with Crippen LogP contribution in [0.1, 0.15) is 11.7 Å². The summed E-state index contributed by atoms with van der Waals surface area (Å²) in [6.45, 7) is 0.